The zero-order valence-electron chi connectivity index (χ0n) is 14.9. The molecule has 9 heteroatoms. The molecule has 1 aromatic rings. The third kappa shape index (κ3) is 3.47. The molecule has 0 spiro atoms. The van der Waals surface area contributed by atoms with Gasteiger partial charge in [0.1, 0.15) is 0 Å². The average molecular weight is 405 g/mol. The molecule has 1 aromatic carbocycles. The SMILES string of the molecule is CNS(=O)(=O)c1ccc(C2(C(=O)O)CC2)c(C2CCCCC2)c1C(F)(F)F. The molecule has 27 heavy (non-hydrogen) atoms. The molecule has 0 saturated heterocycles. The van der Waals surface area contributed by atoms with Crippen LogP contribution in [0.25, 0.3) is 0 Å². The Kier molecular flexibility index (Phi) is 5.05. The number of nitrogens with one attached hydrogen (secondary N) is 1. The number of hydrogen-bond donors (Lipinski definition) is 2. The molecule has 2 fully saturated rings. The van der Waals surface area contributed by atoms with Gasteiger partial charge in [-0.2, -0.15) is 13.2 Å². The molecule has 3 rings (SSSR count). The molecule has 5 nitrogen and oxygen atoms in total. The second-order valence-corrected chi connectivity index (χ2v) is 9.18. The van der Waals surface area contributed by atoms with Crippen LogP contribution in [-0.4, -0.2) is 26.5 Å². The number of hydrogen-bond acceptors (Lipinski definition) is 3. The molecule has 0 amide bonds. The van der Waals surface area contributed by atoms with E-state index in [0.717, 1.165) is 32.4 Å². The van der Waals surface area contributed by atoms with E-state index >= 15 is 0 Å². The fourth-order valence-corrected chi connectivity index (χ4v) is 5.14. The lowest BCUT2D eigenvalue weighted by Crippen LogP contribution is -2.29. The van der Waals surface area contributed by atoms with Gasteiger partial charge in [0.05, 0.1) is 15.9 Å². The quantitative estimate of drug-likeness (QED) is 0.781. The molecule has 0 heterocycles. The van der Waals surface area contributed by atoms with Crippen molar-refractivity contribution >= 4 is 16.0 Å². The molecule has 150 valence electrons. The minimum absolute atomic E-state index is 0.126. The topological polar surface area (TPSA) is 83.5 Å². The lowest BCUT2D eigenvalue weighted by atomic mass is 9.76. The van der Waals surface area contributed by atoms with Crippen molar-refractivity contribution < 1.29 is 31.5 Å². The Hall–Kier alpha value is -1.61. The summed E-state index contributed by atoms with van der Waals surface area (Å²) in [7, 11) is -3.29. The summed E-state index contributed by atoms with van der Waals surface area (Å²) in [6.45, 7) is 0. The number of sulfonamides is 1. The molecule has 2 aliphatic rings. The maximum atomic E-state index is 14.1. The van der Waals surface area contributed by atoms with E-state index in [9.17, 15) is 31.5 Å². The molecule has 0 radical (unpaired) electrons. The Balaban J connectivity index is 2.35. The molecule has 0 unspecified atom stereocenters. The summed E-state index contributed by atoms with van der Waals surface area (Å²) in [6, 6.07) is 2.18. The molecule has 0 aliphatic heterocycles. The van der Waals surface area contributed by atoms with Crippen LogP contribution >= 0.6 is 0 Å². The highest BCUT2D eigenvalue weighted by atomic mass is 32.2. The van der Waals surface area contributed by atoms with Gasteiger partial charge in [0, 0.05) is 0 Å². The van der Waals surface area contributed by atoms with E-state index in [1.54, 1.807) is 0 Å². The number of rotatable bonds is 5. The number of carbonyl (C=O) groups is 1. The predicted octanol–water partition coefficient (Wildman–Crippen LogP) is 3.78. The Morgan fingerprint density at radius 1 is 1.19 bits per heavy atom. The van der Waals surface area contributed by atoms with Crippen molar-refractivity contribution in [2.75, 3.05) is 7.05 Å². The molecule has 2 N–H and O–H groups in total. The normalized spacial score (nSPS) is 20.4. The van der Waals surface area contributed by atoms with Crippen LogP contribution in [0.1, 0.15) is 67.6 Å². The van der Waals surface area contributed by atoms with Crippen molar-refractivity contribution in [2.24, 2.45) is 0 Å². The smallest absolute Gasteiger partial charge is 0.418 e. The first-order chi connectivity index (χ1) is 12.5. The first-order valence-electron chi connectivity index (χ1n) is 8.96. The van der Waals surface area contributed by atoms with E-state index in [0.29, 0.717) is 12.8 Å². The van der Waals surface area contributed by atoms with Crippen molar-refractivity contribution in [3.8, 4) is 0 Å². The minimum Gasteiger partial charge on any atom is -0.481 e. The van der Waals surface area contributed by atoms with E-state index in [4.69, 9.17) is 0 Å². The van der Waals surface area contributed by atoms with Crippen LogP contribution in [0.5, 0.6) is 0 Å². The summed E-state index contributed by atoms with van der Waals surface area (Å²) in [4.78, 5) is 11.0. The Bertz CT molecular complexity index is 854. The first-order valence-corrected chi connectivity index (χ1v) is 10.4. The van der Waals surface area contributed by atoms with Crippen LogP contribution in [0.3, 0.4) is 0 Å². The van der Waals surface area contributed by atoms with E-state index in [2.05, 4.69) is 0 Å². The van der Waals surface area contributed by atoms with Crippen molar-refractivity contribution in [1.82, 2.24) is 4.72 Å². The molecular weight excluding hydrogens is 383 g/mol. The molecule has 0 atom stereocenters. The van der Waals surface area contributed by atoms with Gasteiger partial charge in [0.25, 0.3) is 0 Å². The predicted molar refractivity (Wildman–Crippen MR) is 92.1 cm³/mol. The van der Waals surface area contributed by atoms with Crippen LogP contribution < -0.4 is 4.72 Å². The highest BCUT2D eigenvalue weighted by molar-refractivity contribution is 7.89. The fraction of sp³-hybridized carbons (Fsp3) is 0.611. The highest BCUT2D eigenvalue weighted by Crippen LogP contribution is 2.55. The van der Waals surface area contributed by atoms with Crippen LogP contribution in [0.4, 0.5) is 13.2 Å². The lowest BCUT2D eigenvalue weighted by Gasteiger charge is -2.30. The van der Waals surface area contributed by atoms with Crippen LogP contribution in [0, 0.1) is 0 Å². The summed E-state index contributed by atoms with van der Waals surface area (Å²) in [5, 5.41) is 9.64. The maximum Gasteiger partial charge on any atom is 0.418 e. The summed E-state index contributed by atoms with van der Waals surface area (Å²) >= 11 is 0. The second-order valence-electron chi connectivity index (χ2n) is 7.33. The molecule has 2 aliphatic carbocycles. The molecule has 0 aromatic heterocycles. The monoisotopic (exact) mass is 405 g/mol. The minimum atomic E-state index is -4.91. The Labute approximate surface area is 156 Å². The summed E-state index contributed by atoms with van der Waals surface area (Å²) in [6.07, 6.45) is -1.00. The van der Waals surface area contributed by atoms with Gasteiger partial charge in [-0.3, -0.25) is 4.79 Å². The van der Waals surface area contributed by atoms with E-state index in [-0.39, 0.29) is 24.0 Å². The third-order valence-corrected chi connectivity index (χ3v) is 7.19. The van der Waals surface area contributed by atoms with Gasteiger partial charge in [-0.05, 0) is 55.8 Å². The largest absolute Gasteiger partial charge is 0.481 e. The Morgan fingerprint density at radius 3 is 2.22 bits per heavy atom. The van der Waals surface area contributed by atoms with Gasteiger partial charge in [0.2, 0.25) is 10.0 Å². The van der Waals surface area contributed by atoms with Gasteiger partial charge in [-0.1, -0.05) is 25.3 Å². The van der Waals surface area contributed by atoms with Gasteiger partial charge < -0.3 is 5.11 Å². The van der Waals surface area contributed by atoms with Gasteiger partial charge in [-0.25, -0.2) is 13.1 Å². The van der Waals surface area contributed by atoms with Crippen molar-refractivity contribution in [1.29, 1.82) is 0 Å². The highest BCUT2D eigenvalue weighted by Gasteiger charge is 2.55. The second kappa shape index (κ2) is 6.77. The zero-order valence-corrected chi connectivity index (χ0v) is 15.7. The van der Waals surface area contributed by atoms with Crippen LogP contribution in [0.2, 0.25) is 0 Å². The van der Waals surface area contributed by atoms with Gasteiger partial charge in [-0.15, -0.1) is 0 Å². The van der Waals surface area contributed by atoms with Crippen LogP contribution in [-0.2, 0) is 26.4 Å². The third-order valence-electron chi connectivity index (χ3n) is 5.74. The average Bonchev–Trinajstić information content (AvgIpc) is 3.42. The molecule has 0 bridgehead atoms. The standard InChI is InChI=1S/C18H22F3NO4S/c1-22-27(25,26)13-8-7-12(17(9-10-17)16(23)24)14(15(13)18(19,20)21)11-5-3-2-4-6-11/h7-8,11,22H,2-6,9-10H2,1H3,(H,23,24). The number of aliphatic carboxylic acids is 1. The van der Waals surface area contributed by atoms with Crippen LogP contribution in [0.15, 0.2) is 17.0 Å². The number of benzene rings is 1. The number of carboxylic acids is 1. The first kappa shape index (κ1) is 20.1. The van der Waals surface area contributed by atoms with Crippen molar-refractivity contribution in [3.63, 3.8) is 0 Å². The van der Waals surface area contributed by atoms with Crippen molar-refractivity contribution in [3.05, 3.63) is 28.8 Å². The summed E-state index contributed by atoms with van der Waals surface area (Å²) in [5.41, 5.74) is -2.54. The Morgan fingerprint density at radius 2 is 1.78 bits per heavy atom. The molecule has 2 saturated carbocycles. The summed E-state index contributed by atoms with van der Waals surface area (Å²) in [5.74, 6) is -1.65. The number of carboxylic acid groups (broad SMARTS) is 1. The molecular formula is C18H22F3NO4S. The van der Waals surface area contributed by atoms with E-state index in [1.807, 2.05) is 4.72 Å². The summed E-state index contributed by atoms with van der Waals surface area (Å²) < 4.78 is 68.8. The maximum absolute atomic E-state index is 14.1. The number of halogens is 3. The number of alkyl halides is 3. The zero-order chi connectivity index (χ0) is 20.0. The van der Waals surface area contributed by atoms with Gasteiger partial charge >= 0.3 is 12.1 Å². The van der Waals surface area contributed by atoms with Crippen molar-refractivity contribution in [2.45, 2.75) is 67.4 Å². The van der Waals surface area contributed by atoms with E-state index in [1.165, 1.54) is 6.07 Å². The lowest BCUT2D eigenvalue weighted by molar-refractivity contribution is -0.142. The fourth-order valence-electron chi connectivity index (χ4n) is 4.18. The van der Waals surface area contributed by atoms with Gasteiger partial charge in [0.15, 0.2) is 0 Å². The van der Waals surface area contributed by atoms with E-state index < -0.39 is 44.0 Å².